The molecule has 0 fully saturated rings. The summed E-state index contributed by atoms with van der Waals surface area (Å²) in [7, 11) is 0. The number of hydrogen-bond donors (Lipinski definition) is 0. The number of fused-ring (bicyclic) bond motifs is 3. The van der Waals surface area contributed by atoms with Gasteiger partial charge < -0.3 is 4.42 Å². The van der Waals surface area contributed by atoms with Crippen molar-refractivity contribution in [1.29, 1.82) is 0 Å². The van der Waals surface area contributed by atoms with E-state index in [0.29, 0.717) is 16.7 Å². The van der Waals surface area contributed by atoms with Crippen molar-refractivity contribution in [3.8, 4) is 5.69 Å². The van der Waals surface area contributed by atoms with Gasteiger partial charge in [0.25, 0.3) is 0 Å². The first-order chi connectivity index (χ1) is 11.4. The molecule has 0 radical (unpaired) electrons. The van der Waals surface area contributed by atoms with Gasteiger partial charge in [-0.05, 0) is 62.2 Å². The van der Waals surface area contributed by atoms with Crippen LogP contribution in [0.5, 0.6) is 0 Å². The Balaban J connectivity index is 2.22. The second-order valence-corrected chi connectivity index (χ2v) is 7.01. The minimum absolute atomic E-state index is 0.354. The predicted molar refractivity (Wildman–Crippen MR) is 99.0 cm³/mol. The third-order valence-electron chi connectivity index (χ3n) is 4.11. The largest absolute Gasteiger partial charge is 0.422 e. The molecule has 0 aliphatic heterocycles. The molecule has 5 heteroatoms. The molecule has 0 N–H and O–H groups in total. The van der Waals surface area contributed by atoms with Gasteiger partial charge in [0.1, 0.15) is 11.0 Å². The molecular formula is C19H15BrN2O2. The molecule has 4 rings (SSSR count). The van der Waals surface area contributed by atoms with Crippen molar-refractivity contribution in [2.45, 2.75) is 20.8 Å². The van der Waals surface area contributed by atoms with Crippen molar-refractivity contribution < 1.29 is 4.42 Å². The van der Waals surface area contributed by atoms with Crippen molar-refractivity contribution >= 4 is 37.8 Å². The van der Waals surface area contributed by atoms with Crippen molar-refractivity contribution in [2.75, 3.05) is 0 Å². The zero-order valence-corrected chi connectivity index (χ0v) is 15.1. The maximum Gasteiger partial charge on any atom is 0.347 e. The quantitative estimate of drug-likeness (QED) is 0.443. The number of rotatable bonds is 1. The summed E-state index contributed by atoms with van der Waals surface area (Å²) in [4.78, 5) is 12.4. The lowest BCUT2D eigenvalue weighted by atomic mass is 10.1. The fourth-order valence-electron chi connectivity index (χ4n) is 3.21. The van der Waals surface area contributed by atoms with Crippen LogP contribution < -0.4 is 5.63 Å². The van der Waals surface area contributed by atoms with E-state index in [9.17, 15) is 4.79 Å². The minimum atomic E-state index is -0.354. The van der Waals surface area contributed by atoms with E-state index in [2.05, 4.69) is 53.1 Å². The van der Waals surface area contributed by atoms with Gasteiger partial charge in [-0.25, -0.2) is 9.48 Å². The van der Waals surface area contributed by atoms with Crippen molar-refractivity contribution in [3.63, 3.8) is 0 Å². The van der Waals surface area contributed by atoms with Gasteiger partial charge in [-0.15, -0.1) is 0 Å². The van der Waals surface area contributed by atoms with Gasteiger partial charge in [0.2, 0.25) is 0 Å². The van der Waals surface area contributed by atoms with Gasteiger partial charge in [-0.2, -0.15) is 5.10 Å². The Labute approximate surface area is 146 Å². The van der Waals surface area contributed by atoms with E-state index in [4.69, 9.17) is 4.42 Å². The van der Waals surface area contributed by atoms with E-state index in [1.165, 1.54) is 0 Å². The van der Waals surface area contributed by atoms with Crippen LogP contribution in [-0.2, 0) is 0 Å². The topological polar surface area (TPSA) is 48.0 Å². The van der Waals surface area contributed by atoms with Crippen LogP contribution >= 0.6 is 15.9 Å². The third kappa shape index (κ3) is 2.27. The van der Waals surface area contributed by atoms with E-state index in [-0.39, 0.29) is 5.63 Å². The van der Waals surface area contributed by atoms with Gasteiger partial charge in [0.05, 0.1) is 16.9 Å². The molecule has 4 nitrogen and oxygen atoms in total. The fourth-order valence-corrected chi connectivity index (χ4v) is 3.57. The summed E-state index contributed by atoms with van der Waals surface area (Å²) in [6, 6.07) is 11.9. The van der Waals surface area contributed by atoms with Gasteiger partial charge in [0.15, 0.2) is 0 Å². The van der Waals surface area contributed by atoms with E-state index < -0.39 is 0 Å². The molecule has 24 heavy (non-hydrogen) atoms. The zero-order chi connectivity index (χ0) is 17.0. The summed E-state index contributed by atoms with van der Waals surface area (Å²) in [5.74, 6) is 0. The Morgan fingerprint density at radius 3 is 2.46 bits per heavy atom. The van der Waals surface area contributed by atoms with E-state index in [1.807, 2.05) is 23.7 Å². The summed E-state index contributed by atoms with van der Waals surface area (Å²) < 4.78 is 8.25. The predicted octanol–water partition coefficient (Wildman–Crippen LogP) is 4.82. The molecular weight excluding hydrogens is 368 g/mol. The Bertz CT molecular complexity index is 1150. The molecule has 2 aromatic carbocycles. The molecule has 4 aromatic rings. The average Bonchev–Trinajstić information content (AvgIpc) is 2.86. The summed E-state index contributed by atoms with van der Waals surface area (Å²) in [5, 5.41) is 6.01. The van der Waals surface area contributed by atoms with Gasteiger partial charge in [0, 0.05) is 9.86 Å². The molecule has 0 aliphatic carbocycles. The van der Waals surface area contributed by atoms with Crippen LogP contribution in [0.3, 0.4) is 0 Å². The highest BCUT2D eigenvalue weighted by molar-refractivity contribution is 9.10. The summed E-state index contributed by atoms with van der Waals surface area (Å²) in [6.07, 6.45) is 0. The fraction of sp³-hybridized carbons (Fsp3) is 0.158. The number of nitrogens with zero attached hydrogens (tertiary/aromatic N) is 2. The molecule has 2 heterocycles. The molecule has 120 valence electrons. The molecule has 0 unspecified atom stereocenters. The summed E-state index contributed by atoms with van der Waals surface area (Å²) in [6.45, 7) is 5.94. The third-order valence-corrected chi connectivity index (χ3v) is 4.61. The number of hydrogen-bond acceptors (Lipinski definition) is 3. The highest BCUT2D eigenvalue weighted by atomic mass is 79.9. The van der Waals surface area contributed by atoms with Gasteiger partial charge >= 0.3 is 5.63 Å². The average molecular weight is 383 g/mol. The van der Waals surface area contributed by atoms with Crippen LogP contribution in [0.2, 0.25) is 0 Å². The number of aromatic nitrogens is 2. The maximum absolute atomic E-state index is 12.4. The van der Waals surface area contributed by atoms with Crippen LogP contribution in [0.1, 0.15) is 16.8 Å². The first kappa shape index (κ1) is 15.1. The Morgan fingerprint density at radius 1 is 1.04 bits per heavy atom. The molecule has 0 saturated heterocycles. The Kier molecular flexibility index (Phi) is 3.35. The van der Waals surface area contributed by atoms with Gasteiger partial charge in [-0.3, -0.25) is 0 Å². The Morgan fingerprint density at radius 2 is 1.75 bits per heavy atom. The van der Waals surface area contributed by atoms with Gasteiger partial charge in [-0.1, -0.05) is 22.0 Å². The second-order valence-electron chi connectivity index (χ2n) is 6.10. The summed E-state index contributed by atoms with van der Waals surface area (Å²) >= 11 is 3.50. The van der Waals surface area contributed by atoms with Crippen LogP contribution in [0.15, 0.2) is 50.1 Å². The normalized spacial score (nSPS) is 11.5. The van der Waals surface area contributed by atoms with E-state index in [1.54, 1.807) is 6.07 Å². The minimum Gasteiger partial charge on any atom is -0.422 e. The molecule has 0 spiro atoms. The lowest BCUT2D eigenvalue weighted by Crippen LogP contribution is -2.02. The zero-order valence-electron chi connectivity index (χ0n) is 13.6. The highest BCUT2D eigenvalue weighted by Gasteiger charge is 2.18. The van der Waals surface area contributed by atoms with Crippen molar-refractivity contribution in [1.82, 2.24) is 9.78 Å². The van der Waals surface area contributed by atoms with E-state index in [0.717, 1.165) is 32.2 Å². The van der Waals surface area contributed by atoms with Crippen LogP contribution in [-0.4, -0.2) is 9.78 Å². The summed E-state index contributed by atoms with van der Waals surface area (Å²) in [5.41, 5.74) is 4.90. The molecule has 0 atom stereocenters. The lowest BCUT2D eigenvalue weighted by Gasteiger charge is -2.08. The van der Waals surface area contributed by atoms with Crippen LogP contribution in [0.25, 0.3) is 27.6 Å². The molecule has 0 aliphatic rings. The molecule has 0 amide bonds. The van der Waals surface area contributed by atoms with Crippen molar-refractivity contribution in [3.05, 3.63) is 68.1 Å². The number of halogens is 1. The first-order valence-electron chi connectivity index (χ1n) is 7.64. The first-order valence-corrected chi connectivity index (χ1v) is 8.44. The molecule has 2 aromatic heterocycles. The number of aryl methyl sites for hydroxylation is 3. The molecule has 0 bridgehead atoms. The Hall–Kier alpha value is -2.40. The second kappa shape index (κ2) is 5.31. The van der Waals surface area contributed by atoms with Crippen LogP contribution in [0, 0.1) is 20.8 Å². The molecule has 0 saturated carbocycles. The van der Waals surface area contributed by atoms with Crippen LogP contribution in [0.4, 0.5) is 0 Å². The monoisotopic (exact) mass is 382 g/mol. The SMILES string of the molecule is Cc1cc(C)cc(-n2nc(C)c3c(=O)oc4ccc(Br)cc4c32)c1. The van der Waals surface area contributed by atoms with E-state index >= 15 is 0 Å². The number of benzene rings is 2. The highest BCUT2D eigenvalue weighted by Crippen LogP contribution is 2.29. The lowest BCUT2D eigenvalue weighted by molar-refractivity contribution is 0.569. The standard InChI is InChI=1S/C19H15BrN2O2/c1-10-6-11(2)8-14(7-10)22-18-15-9-13(20)4-5-16(15)24-19(23)17(18)12(3)21-22/h4-9H,1-3H3. The maximum atomic E-state index is 12.4. The smallest absolute Gasteiger partial charge is 0.347 e. The van der Waals surface area contributed by atoms with Crippen molar-refractivity contribution in [2.24, 2.45) is 0 Å².